The topological polar surface area (TPSA) is 507 Å². The number of carbonyl (C=O) groups excluding carboxylic acids is 9. The second kappa shape index (κ2) is 34.8. The number of rotatable bonds is 36. The Morgan fingerprint density at radius 1 is 0.380 bits per heavy atom. The molecule has 0 aliphatic carbocycles. The van der Waals surface area contributed by atoms with Crippen LogP contribution in [-0.2, 0) is 54.4 Å². The van der Waals surface area contributed by atoms with Gasteiger partial charge in [-0.2, -0.15) is 0 Å². The van der Waals surface area contributed by atoms with Gasteiger partial charge in [-0.1, -0.05) is 75.8 Å². The van der Waals surface area contributed by atoms with Gasteiger partial charge in [0, 0.05) is 65.2 Å². The molecule has 0 aliphatic rings. The van der Waals surface area contributed by atoms with Crippen LogP contribution in [0.5, 0.6) is 0 Å². The van der Waals surface area contributed by atoms with E-state index < -0.39 is 159 Å². The molecule has 0 spiro atoms. The van der Waals surface area contributed by atoms with Gasteiger partial charge in [-0.25, -0.2) is 4.79 Å². The molecule has 9 atom stereocenters. The number of hydrogen-bond acceptors (Lipinski definition) is 18. The molecule has 0 fully saturated rings. The number of nitrogens with one attached hydrogen (secondary N) is 9. The third kappa shape index (κ3) is 22.9. The summed E-state index contributed by atoms with van der Waals surface area (Å²) in [7, 11) is 0. The standard InChI is InChI=1S/C43H77N17O11/c1-2-3-4-5-6-7-11-14-34(61)52-26(16-44)35(62)54-28(18-46)37(64)56-30(20-48)39(66)58-32(22-50)41(68)60-33(23-51)42(69)59-31(21-49)40(67)57-29(19-47)38(65)55-27(17-45)36(63)53-25(43(70)71)15-24-12-9-8-10-13-24/h8-10,12-13,25-33H,2-7,11,14-23,44-51H2,1H3,(H,52,61)(H,53,63)(H,54,62)(H,55,65)(H,56,64)(H,57,67)(H,58,66)(H,59,69)(H,60,68)(H,70,71)/t25-,26+,27+,28+,29+,30+,31+,32+,33+/m0/s1. The van der Waals surface area contributed by atoms with E-state index in [0.717, 1.165) is 38.5 Å². The van der Waals surface area contributed by atoms with Gasteiger partial charge in [0.05, 0.1) is 0 Å². The van der Waals surface area contributed by atoms with Crippen molar-refractivity contribution in [3.05, 3.63) is 35.9 Å². The molecule has 1 aromatic rings. The summed E-state index contributed by atoms with van der Waals surface area (Å²) < 4.78 is 0. The minimum Gasteiger partial charge on any atom is -0.480 e. The van der Waals surface area contributed by atoms with Gasteiger partial charge in [-0.15, -0.1) is 0 Å². The van der Waals surface area contributed by atoms with Crippen LogP contribution < -0.4 is 93.7 Å². The minimum absolute atomic E-state index is 0.0711. The highest BCUT2D eigenvalue weighted by molar-refractivity contribution is 5.98. The smallest absolute Gasteiger partial charge is 0.326 e. The maximum absolute atomic E-state index is 13.3. The van der Waals surface area contributed by atoms with Crippen LogP contribution in [-0.4, -0.2) is 171 Å². The minimum atomic E-state index is -1.55. The lowest BCUT2D eigenvalue weighted by atomic mass is 10.1. The molecule has 0 heterocycles. The highest BCUT2D eigenvalue weighted by Gasteiger charge is 2.34. The second-order valence-electron chi connectivity index (χ2n) is 16.4. The number of hydrogen-bond donors (Lipinski definition) is 18. The van der Waals surface area contributed by atoms with E-state index in [1.54, 1.807) is 30.3 Å². The van der Waals surface area contributed by atoms with Crippen LogP contribution in [0.4, 0.5) is 0 Å². The van der Waals surface area contributed by atoms with Gasteiger partial charge < -0.3 is 98.8 Å². The maximum Gasteiger partial charge on any atom is 0.326 e. The summed E-state index contributed by atoms with van der Waals surface area (Å²) >= 11 is 0. The van der Waals surface area contributed by atoms with Crippen LogP contribution in [0.15, 0.2) is 30.3 Å². The first kappa shape index (κ1) is 62.6. The van der Waals surface area contributed by atoms with Crippen molar-refractivity contribution in [2.24, 2.45) is 45.9 Å². The fourth-order valence-electron chi connectivity index (χ4n) is 6.59. The molecular formula is C43H77N17O11. The number of amides is 9. The van der Waals surface area contributed by atoms with Crippen molar-refractivity contribution in [3.63, 3.8) is 0 Å². The van der Waals surface area contributed by atoms with Crippen LogP contribution in [0.25, 0.3) is 0 Å². The Hall–Kier alpha value is -6.40. The van der Waals surface area contributed by atoms with Crippen LogP contribution in [0.3, 0.4) is 0 Å². The molecule has 0 aliphatic heterocycles. The first-order valence-electron chi connectivity index (χ1n) is 23.5. The third-order valence-electron chi connectivity index (χ3n) is 10.9. The van der Waals surface area contributed by atoms with Crippen LogP contribution in [0.1, 0.15) is 63.9 Å². The predicted molar refractivity (Wildman–Crippen MR) is 260 cm³/mol. The lowest BCUT2D eigenvalue weighted by Gasteiger charge is -2.26. The lowest BCUT2D eigenvalue weighted by molar-refractivity contribution is -0.142. The van der Waals surface area contributed by atoms with Crippen LogP contribution in [0.2, 0.25) is 0 Å². The molecule has 28 nitrogen and oxygen atoms in total. The van der Waals surface area contributed by atoms with E-state index in [1.165, 1.54) is 0 Å². The number of benzene rings is 1. The number of carbonyl (C=O) groups is 10. The highest BCUT2D eigenvalue weighted by atomic mass is 16.4. The summed E-state index contributed by atoms with van der Waals surface area (Å²) in [5.74, 6) is -9.45. The van der Waals surface area contributed by atoms with Crippen molar-refractivity contribution in [2.75, 3.05) is 52.4 Å². The van der Waals surface area contributed by atoms with E-state index in [4.69, 9.17) is 45.9 Å². The van der Waals surface area contributed by atoms with Gasteiger partial charge in [0.25, 0.3) is 0 Å². The third-order valence-corrected chi connectivity index (χ3v) is 10.9. The monoisotopic (exact) mass is 1010 g/mol. The summed E-state index contributed by atoms with van der Waals surface area (Å²) in [6.07, 6.45) is 7.07. The van der Waals surface area contributed by atoms with E-state index in [9.17, 15) is 53.1 Å². The summed E-state index contributed by atoms with van der Waals surface area (Å²) in [5, 5.41) is 30.8. The molecule has 0 aromatic heterocycles. The average molecular weight is 1010 g/mol. The number of carboxylic acid groups (broad SMARTS) is 1. The van der Waals surface area contributed by atoms with Gasteiger partial charge in [-0.3, -0.25) is 43.2 Å². The van der Waals surface area contributed by atoms with Gasteiger partial charge in [0.2, 0.25) is 53.2 Å². The normalized spacial score (nSPS) is 14.8. The summed E-state index contributed by atoms with van der Waals surface area (Å²) in [4.78, 5) is 130. The molecule has 1 rings (SSSR count). The highest BCUT2D eigenvalue weighted by Crippen LogP contribution is 2.09. The number of unbranched alkanes of at least 4 members (excludes halogenated alkanes) is 6. The first-order valence-corrected chi connectivity index (χ1v) is 23.5. The van der Waals surface area contributed by atoms with Gasteiger partial charge in [-0.05, 0) is 12.0 Å². The van der Waals surface area contributed by atoms with E-state index >= 15 is 0 Å². The summed E-state index contributed by atoms with van der Waals surface area (Å²) in [6.45, 7) is -1.72. The summed E-state index contributed by atoms with van der Waals surface area (Å²) in [6, 6.07) is -4.58. The van der Waals surface area contributed by atoms with E-state index in [-0.39, 0.29) is 19.4 Å². The molecule has 0 saturated heterocycles. The van der Waals surface area contributed by atoms with Crippen molar-refractivity contribution in [3.8, 4) is 0 Å². The Labute approximate surface area is 412 Å². The van der Waals surface area contributed by atoms with E-state index in [0.29, 0.717) is 12.0 Å². The molecule has 26 N–H and O–H groups in total. The molecule has 0 saturated carbocycles. The van der Waals surface area contributed by atoms with Crippen LogP contribution >= 0.6 is 0 Å². The van der Waals surface area contributed by atoms with Crippen molar-refractivity contribution >= 4 is 59.1 Å². The fourth-order valence-corrected chi connectivity index (χ4v) is 6.59. The maximum atomic E-state index is 13.3. The van der Waals surface area contributed by atoms with Crippen LogP contribution in [0, 0.1) is 0 Å². The first-order chi connectivity index (χ1) is 33.9. The van der Waals surface area contributed by atoms with Gasteiger partial charge >= 0.3 is 5.97 Å². The molecule has 1 aromatic carbocycles. The molecule has 28 heteroatoms. The number of nitrogens with two attached hydrogens (primary N) is 8. The predicted octanol–water partition coefficient (Wildman–Crippen LogP) is -8.51. The van der Waals surface area contributed by atoms with Gasteiger partial charge in [0.1, 0.15) is 54.4 Å². The van der Waals surface area contributed by atoms with Crippen molar-refractivity contribution in [2.45, 2.75) is 119 Å². The zero-order chi connectivity index (χ0) is 53.5. The Kier molecular flexibility index (Phi) is 30.7. The average Bonchev–Trinajstić information content (AvgIpc) is 3.36. The molecule has 0 radical (unpaired) electrons. The lowest BCUT2D eigenvalue weighted by Crippen LogP contribution is -2.64. The largest absolute Gasteiger partial charge is 0.480 e. The van der Waals surface area contributed by atoms with Crippen molar-refractivity contribution < 1.29 is 53.1 Å². The van der Waals surface area contributed by atoms with Crippen molar-refractivity contribution in [1.82, 2.24) is 47.9 Å². The number of aliphatic carboxylic acids is 1. The zero-order valence-electron chi connectivity index (χ0n) is 40.3. The summed E-state index contributed by atoms with van der Waals surface area (Å²) in [5.41, 5.74) is 46.6. The Morgan fingerprint density at radius 2 is 0.634 bits per heavy atom. The Morgan fingerprint density at radius 3 is 0.901 bits per heavy atom. The molecule has 71 heavy (non-hydrogen) atoms. The molecule has 0 bridgehead atoms. The van der Waals surface area contributed by atoms with E-state index in [2.05, 4.69) is 54.8 Å². The zero-order valence-corrected chi connectivity index (χ0v) is 40.3. The Balaban J connectivity index is 2.85. The molecule has 400 valence electrons. The fraction of sp³-hybridized carbons (Fsp3) is 0.628. The second-order valence-corrected chi connectivity index (χ2v) is 16.4. The quantitative estimate of drug-likeness (QED) is 0.0278. The SMILES string of the molecule is CCCCCCCCCC(=O)N[C@H](CN)C(=O)N[C@H](CN)C(=O)N[C@H](CN)C(=O)N[C@H](CN)C(=O)N[C@H](CN)C(=O)N[C@H](CN)C(=O)N[C@H](CN)C(=O)N[C@H](CN)C(=O)N[C@@H](Cc1ccccc1)C(=O)O. The van der Waals surface area contributed by atoms with E-state index in [1.807, 2.05) is 0 Å². The number of carboxylic acids is 1. The molecule has 0 unspecified atom stereocenters. The Bertz CT molecular complexity index is 1880. The van der Waals surface area contributed by atoms with Gasteiger partial charge in [0.15, 0.2) is 0 Å². The molecular weight excluding hydrogens is 931 g/mol. The molecule has 9 amide bonds. The van der Waals surface area contributed by atoms with Crippen molar-refractivity contribution in [1.29, 1.82) is 0 Å².